The van der Waals surface area contributed by atoms with Gasteiger partial charge in [-0.1, -0.05) is 12.5 Å². The van der Waals surface area contributed by atoms with Gasteiger partial charge in [0.1, 0.15) is 0 Å². The van der Waals surface area contributed by atoms with Crippen LogP contribution in [0, 0.1) is 18.8 Å². The molecule has 1 aromatic carbocycles. The highest BCUT2D eigenvalue weighted by Gasteiger charge is 2.43. The molecule has 1 amide bonds. The Hall–Kier alpha value is -1.15. The Balaban J connectivity index is 0.00000208. The zero-order valence-electron chi connectivity index (χ0n) is 13.6. The van der Waals surface area contributed by atoms with E-state index in [0.29, 0.717) is 24.6 Å². The van der Waals surface area contributed by atoms with Crippen LogP contribution in [0.4, 0.5) is 0 Å². The second-order valence-corrected chi connectivity index (χ2v) is 8.62. The van der Waals surface area contributed by atoms with E-state index in [1.54, 1.807) is 19.1 Å². The van der Waals surface area contributed by atoms with E-state index in [-0.39, 0.29) is 34.8 Å². The van der Waals surface area contributed by atoms with Gasteiger partial charge in [-0.3, -0.25) is 4.79 Å². The van der Waals surface area contributed by atoms with Crippen LogP contribution in [0.1, 0.15) is 35.2 Å². The van der Waals surface area contributed by atoms with Gasteiger partial charge in [-0.2, -0.15) is 4.31 Å². The Morgan fingerprint density at radius 1 is 1.25 bits per heavy atom. The molecule has 0 bridgehead atoms. The number of primary amides is 1. The Kier molecular flexibility index (Phi) is 5.59. The lowest BCUT2D eigenvalue weighted by molar-refractivity contribution is 0.0999. The fourth-order valence-electron chi connectivity index (χ4n) is 3.85. The predicted molar refractivity (Wildman–Crippen MR) is 94.5 cm³/mol. The Morgan fingerprint density at radius 2 is 1.96 bits per heavy atom. The summed E-state index contributed by atoms with van der Waals surface area (Å²) in [7, 11) is -3.62. The third kappa shape index (κ3) is 3.31. The van der Waals surface area contributed by atoms with Crippen molar-refractivity contribution in [3.05, 3.63) is 29.3 Å². The zero-order chi connectivity index (χ0) is 16.8. The molecule has 3 atom stereocenters. The van der Waals surface area contributed by atoms with E-state index in [2.05, 4.69) is 0 Å². The van der Waals surface area contributed by atoms with Crippen molar-refractivity contribution in [3.63, 3.8) is 0 Å². The number of hydrogen-bond acceptors (Lipinski definition) is 4. The number of aryl methyl sites for hydroxylation is 1. The maximum Gasteiger partial charge on any atom is 0.249 e. The Labute approximate surface area is 149 Å². The predicted octanol–water partition coefficient (Wildman–Crippen LogP) is 1.26. The van der Waals surface area contributed by atoms with E-state index in [1.165, 1.54) is 10.4 Å². The lowest BCUT2D eigenvalue weighted by Crippen LogP contribution is -2.38. The molecule has 2 aliphatic rings. The molecular formula is C16H24ClN3O3S. The van der Waals surface area contributed by atoms with E-state index in [9.17, 15) is 13.2 Å². The molecule has 8 heteroatoms. The van der Waals surface area contributed by atoms with Crippen LogP contribution in [-0.2, 0) is 10.0 Å². The van der Waals surface area contributed by atoms with E-state index in [0.717, 1.165) is 19.3 Å². The van der Waals surface area contributed by atoms with Crippen LogP contribution >= 0.6 is 12.4 Å². The first-order valence-electron chi connectivity index (χ1n) is 7.97. The number of hydrogen-bond donors (Lipinski definition) is 2. The molecule has 1 heterocycles. The van der Waals surface area contributed by atoms with Crippen LogP contribution in [-0.4, -0.2) is 37.8 Å². The molecule has 3 unspecified atom stereocenters. The van der Waals surface area contributed by atoms with Crippen molar-refractivity contribution in [2.45, 2.75) is 37.1 Å². The number of halogens is 1. The third-order valence-electron chi connectivity index (χ3n) is 5.23. The van der Waals surface area contributed by atoms with Crippen LogP contribution in [0.15, 0.2) is 23.1 Å². The topological polar surface area (TPSA) is 106 Å². The van der Waals surface area contributed by atoms with E-state index in [1.807, 2.05) is 0 Å². The smallest absolute Gasteiger partial charge is 0.249 e. The average molecular weight is 374 g/mol. The molecule has 0 radical (unpaired) electrons. The molecule has 6 nitrogen and oxygen atoms in total. The van der Waals surface area contributed by atoms with Crippen molar-refractivity contribution in [1.82, 2.24) is 4.31 Å². The molecule has 24 heavy (non-hydrogen) atoms. The van der Waals surface area contributed by atoms with Crippen molar-refractivity contribution in [3.8, 4) is 0 Å². The van der Waals surface area contributed by atoms with E-state index >= 15 is 0 Å². The van der Waals surface area contributed by atoms with Gasteiger partial charge < -0.3 is 11.5 Å². The highest BCUT2D eigenvalue weighted by molar-refractivity contribution is 7.89. The van der Waals surface area contributed by atoms with Gasteiger partial charge >= 0.3 is 0 Å². The lowest BCUT2D eigenvalue weighted by atomic mass is 9.78. The number of carbonyl (C=O) groups excluding carboxylic acids is 1. The van der Waals surface area contributed by atoms with Gasteiger partial charge in [-0.05, 0) is 49.3 Å². The van der Waals surface area contributed by atoms with Crippen molar-refractivity contribution in [1.29, 1.82) is 0 Å². The molecule has 0 aromatic heterocycles. The molecule has 0 spiro atoms. The zero-order valence-corrected chi connectivity index (χ0v) is 15.3. The average Bonchev–Trinajstić information content (AvgIpc) is 2.93. The number of rotatable bonds is 3. The fourth-order valence-corrected chi connectivity index (χ4v) is 5.41. The largest absolute Gasteiger partial charge is 0.366 e. The minimum Gasteiger partial charge on any atom is -0.366 e. The van der Waals surface area contributed by atoms with Crippen molar-refractivity contribution < 1.29 is 13.2 Å². The van der Waals surface area contributed by atoms with Crippen LogP contribution in [0.2, 0.25) is 0 Å². The quantitative estimate of drug-likeness (QED) is 0.831. The molecule has 1 aliphatic heterocycles. The summed E-state index contributed by atoms with van der Waals surface area (Å²) in [6.07, 6.45) is 3.06. The van der Waals surface area contributed by atoms with Gasteiger partial charge in [-0.15, -0.1) is 12.4 Å². The molecule has 1 aromatic rings. The Morgan fingerprint density at radius 3 is 2.58 bits per heavy atom. The van der Waals surface area contributed by atoms with Crippen LogP contribution < -0.4 is 11.5 Å². The molecule has 1 saturated carbocycles. The van der Waals surface area contributed by atoms with Gasteiger partial charge in [0, 0.05) is 24.7 Å². The maximum atomic E-state index is 12.9. The summed E-state index contributed by atoms with van der Waals surface area (Å²) >= 11 is 0. The summed E-state index contributed by atoms with van der Waals surface area (Å²) in [5, 5.41) is 0. The minimum atomic E-state index is -3.62. The summed E-state index contributed by atoms with van der Waals surface area (Å²) in [5.74, 6) is -0.0363. The molecule has 134 valence electrons. The fraction of sp³-hybridized carbons (Fsp3) is 0.562. The standard InChI is InChI=1S/C16H23N3O3S.ClH/c1-10-5-6-12(7-13(10)16(18)20)23(21,22)19-8-11-3-2-4-15(17)14(11)9-19;/h5-7,11,14-15H,2-4,8-9,17H2,1H3,(H2,18,20);1H. The number of amides is 1. The van der Waals surface area contributed by atoms with Crippen LogP contribution in [0.25, 0.3) is 0 Å². The number of sulfonamides is 1. The molecule has 2 fully saturated rings. The van der Waals surface area contributed by atoms with Gasteiger partial charge in [0.15, 0.2) is 0 Å². The first kappa shape index (κ1) is 19.2. The molecule has 1 saturated heterocycles. The van der Waals surface area contributed by atoms with Gasteiger partial charge in [0.05, 0.1) is 4.90 Å². The lowest BCUT2D eigenvalue weighted by Gasteiger charge is -2.29. The summed E-state index contributed by atoms with van der Waals surface area (Å²) in [5.41, 5.74) is 12.4. The van der Waals surface area contributed by atoms with Gasteiger partial charge in [0.25, 0.3) is 0 Å². The first-order chi connectivity index (χ1) is 10.8. The van der Waals surface area contributed by atoms with E-state index in [4.69, 9.17) is 11.5 Å². The molecule has 3 rings (SSSR count). The summed E-state index contributed by atoms with van der Waals surface area (Å²) in [6.45, 7) is 2.72. The number of nitrogens with zero attached hydrogens (tertiary/aromatic N) is 1. The number of carbonyl (C=O) groups is 1. The second-order valence-electron chi connectivity index (χ2n) is 6.68. The summed E-state index contributed by atoms with van der Waals surface area (Å²) < 4.78 is 27.3. The van der Waals surface area contributed by atoms with E-state index < -0.39 is 15.9 Å². The first-order valence-corrected chi connectivity index (χ1v) is 9.41. The normalized spacial score (nSPS) is 27.3. The number of nitrogens with two attached hydrogens (primary N) is 2. The van der Waals surface area contributed by atoms with Crippen molar-refractivity contribution in [2.24, 2.45) is 23.3 Å². The third-order valence-corrected chi connectivity index (χ3v) is 7.06. The highest BCUT2D eigenvalue weighted by Crippen LogP contribution is 2.37. The van der Waals surface area contributed by atoms with Gasteiger partial charge in [-0.25, -0.2) is 8.42 Å². The molecular weight excluding hydrogens is 350 g/mol. The second kappa shape index (κ2) is 7.00. The highest BCUT2D eigenvalue weighted by atomic mass is 35.5. The molecule has 1 aliphatic carbocycles. The summed E-state index contributed by atoms with van der Waals surface area (Å²) in [6, 6.07) is 4.63. The van der Waals surface area contributed by atoms with Crippen molar-refractivity contribution >= 4 is 28.3 Å². The van der Waals surface area contributed by atoms with Gasteiger partial charge in [0.2, 0.25) is 15.9 Å². The van der Waals surface area contributed by atoms with Crippen LogP contribution in [0.5, 0.6) is 0 Å². The van der Waals surface area contributed by atoms with Crippen molar-refractivity contribution in [2.75, 3.05) is 13.1 Å². The Bertz CT molecular complexity index is 738. The summed E-state index contributed by atoms with van der Waals surface area (Å²) in [4.78, 5) is 11.6. The monoisotopic (exact) mass is 373 g/mol. The SMILES string of the molecule is Cc1ccc(S(=O)(=O)N2CC3CCCC(N)C3C2)cc1C(N)=O.Cl. The van der Waals surface area contributed by atoms with Crippen LogP contribution in [0.3, 0.4) is 0 Å². The maximum absolute atomic E-state index is 12.9. The number of fused-ring (bicyclic) bond motifs is 1. The molecule has 4 N–H and O–H groups in total. The minimum absolute atomic E-state index is 0. The number of benzene rings is 1.